The summed E-state index contributed by atoms with van der Waals surface area (Å²) in [5.41, 5.74) is 9.33. The van der Waals surface area contributed by atoms with Crippen molar-refractivity contribution in [3.05, 3.63) is 58.1 Å². The lowest BCUT2D eigenvalue weighted by molar-refractivity contribution is 0.830. The highest BCUT2D eigenvalue weighted by atomic mass is 79.9. The number of rotatable bonds is 4. The summed E-state index contributed by atoms with van der Waals surface area (Å²) in [6, 6.07) is 15.8. The highest BCUT2D eigenvalue weighted by Gasteiger charge is 2.11. The molecule has 3 nitrogen and oxygen atoms in total. The molecule has 20 heavy (non-hydrogen) atoms. The van der Waals surface area contributed by atoms with Gasteiger partial charge in [-0.25, -0.2) is 0 Å². The van der Waals surface area contributed by atoms with Crippen molar-refractivity contribution in [1.29, 1.82) is 5.26 Å². The molecule has 0 heterocycles. The van der Waals surface area contributed by atoms with Gasteiger partial charge in [-0.2, -0.15) is 5.26 Å². The summed E-state index contributed by atoms with van der Waals surface area (Å²) in [6.45, 7) is 3.63. The molecular formula is C16H16BrN3. The Morgan fingerprint density at radius 3 is 2.70 bits per heavy atom. The SMILES string of the molecule is CCN(Cc1cccc(N)c1)c1cc(Br)ccc1C#N. The number of nitrogen functional groups attached to an aromatic ring is 1. The molecule has 0 atom stereocenters. The van der Waals surface area contributed by atoms with E-state index in [1.807, 2.05) is 42.5 Å². The monoisotopic (exact) mass is 329 g/mol. The van der Waals surface area contributed by atoms with Crippen LogP contribution in [0.4, 0.5) is 11.4 Å². The van der Waals surface area contributed by atoms with Crippen molar-refractivity contribution in [3.63, 3.8) is 0 Å². The number of hydrogen-bond acceptors (Lipinski definition) is 3. The lowest BCUT2D eigenvalue weighted by Crippen LogP contribution is -2.23. The third-order valence-corrected chi connectivity index (χ3v) is 3.62. The second-order valence-corrected chi connectivity index (χ2v) is 5.45. The van der Waals surface area contributed by atoms with Crippen LogP contribution in [0, 0.1) is 11.3 Å². The molecule has 102 valence electrons. The molecule has 0 aliphatic carbocycles. The molecule has 0 unspecified atom stereocenters. The van der Waals surface area contributed by atoms with E-state index in [2.05, 4.69) is 33.8 Å². The van der Waals surface area contributed by atoms with E-state index in [0.29, 0.717) is 5.56 Å². The Kier molecular flexibility index (Phi) is 4.65. The molecule has 4 heteroatoms. The molecular weight excluding hydrogens is 314 g/mol. The molecule has 0 saturated heterocycles. The molecule has 2 N–H and O–H groups in total. The second-order valence-electron chi connectivity index (χ2n) is 4.53. The summed E-state index contributed by atoms with van der Waals surface area (Å²) in [5, 5.41) is 9.25. The van der Waals surface area contributed by atoms with Crippen LogP contribution in [0.3, 0.4) is 0 Å². The second kappa shape index (κ2) is 6.44. The van der Waals surface area contributed by atoms with E-state index in [9.17, 15) is 5.26 Å². The number of hydrogen-bond donors (Lipinski definition) is 1. The molecule has 0 bridgehead atoms. The van der Waals surface area contributed by atoms with Gasteiger partial charge in [-0.15, -0.1) is 0 Å². The summed E-state index contributed by atoms with van der Waals surface area (Å²) < 4.78 is 0.970. The van der Waals surface area contributed by atoms with E-state index >= 15 is 0 Å². The van der Waals surface area contributed by atoms with Crippen LogP contribution in [0.5, 0.6) is 0 Å². The first-order valence-electron chi connectivity index (χ1n) is 6.43. The summed E-state index contributed by atoms with van der Waals surface area (Å²) in [4.78, 5) is 2.16. The van der Waals surface area contributed by atoms with Crippen LogP contribution in [0.25, 0.3) is 0 Å². The van der Waals surface area contributed by atoms with E-state index in [4.69, 9.17) is 5.73 Å². The number of nitrogens with zero attached hydrogens (tertiary/aromatic N) is 2. The van der Waals surface area contributed by atoms with Crippen molar-refractivity contribution in [2.24, 2.45) is 0 Å². The zero-order chi connectivity index (χ0) is 14.5. The molecule has 0 saturated carbocycles. The first kappa shape index (κ1) is 14.4. The highest BCUT2D eigenvalue weighted by molar-refractivity contribution is 9.10. The third-order valence-electron chi connectivity index (χ3n) is 3.13. The fourth-order valence-electron chi connectivity index (χ4n) is 2.14. The van der Waals surface area contributed by atoms with Crippen LogP contribution in [-0.2, 0) is 6.54 Å². The molecule has 0 aromatic heterocycles. The van der Waals surface area contributed by atoms with E-state index in [0.717, 1.165) is 34.5 Å². The molecule has 0 aliphatic heterocycles. The zero-order valence-electron chi connectivity index (χ0n) is 11.3. The maximum atomic E-state index is 9.25. The van der Waals surface area contributed by atoms with Crippen LogP contribution in [0.15, 0.2) is 46.9 Å². The molecule has 2 aromatic carbocycles. The van der Waals surface area contributed by atoms with Gasteiger partial charge in [0.25, 0.3) is 0 Å². The van der Waals surface area contributed by atoms with Gasteiger partial charge in [-0.1, -0.05) is 28.1 Å². The highest BCUT2D eigenvalue weighted by Crippen LogP contribution is 2.26. The molecule has 0 fully saturated rings. The number of nitriles is 1. The number of anilines is 2. The first-order chi connectivity index (χ1) is 9.63. The predicted molar refractivity (Wildman–Crippen MR) is 86.4 cm³/mol. The predicted octanol–water partition coefficient (Wildman–Crippen LogP) is 3.93. The van der Waals surface area contributed by atoms with Crippen molar-refractivity contribution in [2.75, 3.05) is 17.2 Å². The Morgan fingerprint density at radius 1 is 1.25 bits per heavy atom. The lowest BCUT2D eigenvalue weighted by atomic mass is 10.1. The molecule has 0 aliphatic rings. The Bertz CT molecular complexity index is 646. The minimum absolute atomic E-state index is 0.680. The molecule has 0 spiro atoms. The van der Waals surface area contributed by atoms with Crippen molar-refractivity contribution in [1.82, 2.24) is 0 Å². The summed E-state index contributed by atoms with van der Waals surface area (Å²) in [5.74, 6) is 0. The maximum absolute atomic E-state index is 9.25. The number of nitrogens with two attached hydrogens (primary N) is 1. The van der Waals surface area contributed by atoms with Crippen LogP contribution in [0.1, 0.15) is 18.1 Å². The van der Waals surface area contributed by atoms with Crippen molar-refractivity contribution < 1.29 is 0 Å². The molecule has 0 amide bonds. The molecule has 0 radical (unpaired) electrons. The van der Waals surface area contributed by atoms with Gasteiger partial charge < -0.3 is 10.6 Å². The fourth-order valence-corrected chi connectivity index (χ4v) is 2.49. The van der Waals surface area contributed by atoms with Crippen molar-refractivity contribution >= 4 is 27.3 Å². The standard InChI is InChI=1S/C16H16BrN3/c1-2-20(11-12-4-3-5-15(19)8-12)16-9-14(17)7-6-13(16)10-18/h3-9H,2,11,19H2,1H3. The molecule has 2 rings (SSSR count). The Labute approximate surface area is 127 Å². The largest absolute Gasteiger partial charge is 0.399 e. The van der Waals surface area contributed by atoms with Crippen molar-refractivity contribution in [3.8, 4) is 6.07 Å². The summed E-state index contributed by atoms with van der Waals surface area (Å²) in [7, 11) is 0. The average molecular weight is 330 g/mol. The normalized spacial score (nSPS) is 10.1. The smallest absolute Gasteiger partial charge is 0.101 e. The quantitative estimate of drug-likeness (QED) is 0.864. The lowest BCUT2D eigenvalue weighted by Gasteiger charge is -2.24. The van der Waals surface area contributed by atoms with Crippen LogP contribution in [-0.4, -0.2) is 6.54 Å². The van der Waals surface area contributed by atoms with Gasteiger partial charge in [0.1, 0.15) is 6.07 Å². The Balaban J connectivity index is 2.33. The van der Waals surface area contributed by atoms with Crippen LogP contribution < -0.4 is 10.6 Å². The van der Waals surface area contributed by atoms with E-state index in [1.165, 1.54) is 0 Å². The summed E-state index contributed by atoms with van der Waals surface area (Å²) in [6.07, 6.45) is 0. The zero-order valence-corrected chi connectivity index (χ0v) is 12.9. The van der Waals surface area contributed by atoms with Gasteiger partial charge in [0.2, 0.25) is 0 Å². The van der Waals surface area contributed by atoms with Crippen LogP contribution >= 0.6 is 15.9 Å². The Hall–Kier alpha value is -1.99. The average Bonchev–Trinajstić information content (AvgIpc) is 2.45. The maximum Gasteiger partial charge on any atom is 0.101 e. The van der Waals surface area contributed by atoms with Gasteiger partial charge >= 0.3 is 0 Å². The topological polar surface area (TPSA) is 53.0 Å². The van der Waals surface area contributed by atoms with E-state index < -0.39 is 0 Å². The fraction of sp³-hybridized carbons (Fsp3) is 0.188. The van der Waals surface area contributed by atoms with Gasteiger partial charge in [0, 0.05) is 23.2 Å². The van der Waals surface area contributed by atoms with Gasteiger partial charge in [-0.3, -0.25) is 0 Å². The number of halogens is 1. The van der Waals surface area contributed by atoms with Crippen molar-refractivity contribution in [2.45, 2.75) is 13.5 Å². The summed E-state index contributed by atoms with van der Waals surface area (Å²) >= 11 is 3.46. The first-order valence-corrected chi connectivity index (χ1v) is 7.22. The minimum atomic E-state index is 0.680. The number of benzene rings is 2. The van der Waals surface area contributed by atoms with Gasteiger partial charge in [-0.05, 0) is 42.8 Å². The minimum Gasteiger partial charge on any atom is -0.399 e. The Morgan fingerprint density at radius 2 is 2.05 bits per heavy atom. The van der Waals surface area contributed by atoms with Crippen LogP contribution in [0.2, 0.25) is 0 Å². The van der Waals surface area contributed by atoms with E-state index in [1.54, 1.807) is 0 Å². The van der Waals surface area contributed by atoms with E-state index in [-0.39, 0.29) is 0 Å². The molecule has 2 aromatic rings. The third kappa shape index (κ3) is 3.31. The van der Waals surface area contributed by atoms with Gasteiger partial charge in [0.05, 0.1) is 11.3 Å². The van der Waals surface area contributed by atoms with Gasteiger partial charge in [0.15, 0.2) is 0 Å².